The molecule has 0 saturated heterocycles. The summed E-state index contributed by atoms with van der Waals surface area (Å²) in [5, 5.41) is 3.24. The van der Waals surface area contributed by atoms with Gasteiger partial charge < -0.3 is 14.5 Å². The van der Waals surface area contributed by atoms with Gasteiger partial charge in [0.25, 0.3) is 6.02 Å². The Labute approximate surface area is 108 Å². The molecule has 0 unspecified atom stereocenters. The summed E-state index contributed by atoms with van der Waals surface area (Å²) in [6.07, 6.45) is 0. The number of furan rings is 1. The quantitative estimate of drug-likeness (QED) is 0.830. The predicted molar refractivity (Wildman–Crippen MR) is 72.3 cm³/mol. The monoisotopic (exact) mass is 248 g/mol. The number of hydrogen-bond acceptors (Lipinski definition) is 4. The minimum absolute atomic E-state index is 0.0751. The van der Waals surface area contributed by atoms with Gasteiger partial charge >= 0.3 is 0 Å². The van der Waals surface area contributed by atoms with Crippen molar-refractivity contribution in [1.29, 1.82) is 0 Å². The van der Waals surface area contributed by atoms with Crippen molar-refractivity contribution in [3.8, 4) is 0 Å². The average Bonchev–Trinajstić information content (AvgIpc) is 2.66. The molecule has 4 nitrogen and oxygen atoms in total. The first-order valence-corrected chi connectivity index (χ1v) is 6.11. The van der Waals surface area contributed by atoms with Crippen LogP contribution in [-0.2, 0) is 4.74 Å². The van der Waals surface area contributed by atoms with E-state index < -0.39 is 0 Å². The minimum Gasteiger partial charge on any atom is -0.460 e. The Morgan fingerprint density at radius 1 is 1.22 bits per heavy atom. The molecule has 98 valence electrons. The Morgan fingerprint density at radius 2 is 1.94 bits per heavy atom. The van der Waals surface area contributed by atoms with E-state index >= 15 is 0 Å². The molecule has 1 N–H and O–H groups in total. The van der Waals surface area contributed by atoms with Gasteiger partial charge in [-0.2, -0.15) is 4.99 Å². The Bertz CT molecular complexity index is 504. The zero-order valence-electron chi connectivity index (χ0n) is 11.6. The van der Waals surface area contributed by atoms with Crippen molar-refractivity contribution >= 4 is 11.7 Å². The van der Waals surface area contributed by atoms with E-state index in [4.69, 9.17) is 9.15 Å². The first-order valence-electron chi connectivity index (χ1n) is 6.11. The van der Waals surface area contributed by atoms with Gasteiger partial charge in [0.2, 0.25) is 0 Å². The third-order valence-electron chi connectivity index (χ3n) is 2.50. The second kappa shape index (κ2) is 4.52. The van der Waals surface area contributed by atoms with E-state index in [-0.39, 0.29) is 5.54 Å². The van der Waals surface area contributed by atoms with Crippen molar-refractivity contribution < 1.29 is 9.15 Å². The van der Waals surface area contributed by atoms with E-state index in [9.17, 15) is 0 Å². The van der Waals surface area contributed by atoms with Gasteiger partial charge in [0.1, 0.15) is 18.1 Å². The highest BCUT2D eigenvalue weighted by Crippen LogP contribution is 2.25. The predicted octanol–water partition coefficient (Wildman–Crippen LogP) is 3.09. The highest BCUT2D eigenvalue weighted by atomic mass is 16.5. The summed E-state index contributed by atoms with van der Waals surface area (Å²) in [5.41, 5.74) is 1.86. The van der Waals surface area contributed by atoms with Gasteiger partial charge in [-0.1, -0.05) is 0 Å². The lowest BCUT2D eigenvalue weighted by Crippen LogP contribution is -2.42. The molecular weight excluding hydrogens is 228 g/mol. The topological polar surface area (TPSA) is 46.8 Å². The fourth-order valence-electron chi connectivity index (χ4n) is 1.69. The fourth-order valence-corrected chi connectivity index (χ4v) is 1.69. The normalized spacial score (nSPS) is 16.4. The van der Waals surface area contributed by atoms with Crippen LogP contribution >= 0.6 is 0 Å². The summed E-state index contributed by atoms with van der Waals surface area (Å²) in [7, 11) is 0. The van der Waals surface area contributed by atoms with Crippen LogP contribution in [0.1, 0.15) is 39.2 Å². The van der Waals surface area contributed by atoms with Gasteiger partial charge in [0.15, 0.2) is 5.76 Å². The second-order valence-electron chi connectivity index (χ2n) is 5.62. The van der Waals surface area contributed by atoms with Crippen molar-refractivity contribution in [2.45, 2.75) is 40.2 Å². The van der Waals surface area contributed by atoms with Gasteiger partial charge in [-0.25, -0.2) is 0 Å². The van der Waals surface area contributed by atoms with Gasteiger partial charge in [-0.05, 0) is 52.3 Å². The number of aliphatic imine (C=N–C) groups is 1. The van der Waals surface area contributed by atoms with Gasteiger partial charge in [-0.15, -0.1) is 0 Å². The van der Waals surface area contributed by atoms with Crippen LogP contribution in [0.2, 0.25) is 0 Å². The highest BCUT2D eigenvalue weighted by molar-refractivity contribution is 5.84. The smallest absolute Gasteiger partial charge is 0.290 e. The standard InChI is InChI=1S/C14H20N2O2/c1-9-8-17-13(16-14(3,4)5)15-12(9)11-7-6-10(2)18-11/h6-7H,8H2,1-5H3,(H,15,16). The van der Waals surface area contributed by atoms with E-state index in [1.54, 1.807) is 0 Å². The van der Waals surface area contributed by atoms with Crippen molar-refractivity contribution in [1.82, 2.24) is 5.32 Å². The van der Waals surface area contributed by atoms with Crippen LogP contribution in [0, 0.1) is 6.92 Å². The number of nitrogens with one attached hydrogen (secondary N) is 1. The lowest BCUT2D eigenvalue weighted by atomic mass is 10.1. The number of rotatable bonds is 1. The molecule has 0 radical (unpaired) electrons. The number of hydrogen-bond donors (Lipinski definition) is 1. The first-order chi connectivity index (χ1) is 8.35. The fraction of sp³-hybridized carbons (Fsp3) is 0.500. The Morgan fingerprint density at radius 3 is 2.50 bits per heavy atom. The third-order valence-corrected chi connectivity index (χ3v) is 2.50. The summed E-state index contributed by atoms with van der Waals surface area (Å²) in [6, 6.07) is 4.44. The molecule has 1 aromatic rings. The molecular formula is C14H20N2O2. The van der Waals surface area contributed by atoms with Crippen LogP contribution in [0.5, 0.6) is 0 Å². The Hall–Kier alpha value is -1.71. The summed E-state index contributed by atoms with van der Waals surface area (Å²) < 4.78 is 11.2. The molecule has 0 amide bonds. The molecule has 2 rings (SSSR count). The van der Waals surface area contributed by atoms with Crippen LogP contribution in [0.15, 0.2) is 27.1 Å². The van der Waals surface area contributed by atoms with Crippen molar-refractivity contribution in [3.05, 3.63) is 29.2 Å². The lowest BCUT2D eigenvalue weighted by Gasteiger charge is -2.25. The molecule has 0 spiro atoms. The lowest BCUT2D eigenvalue weighted by molar-refractivity contribution is 0.298. The van der Waals surface area contributed by atoms with Gasteiger partial charge in [0.05, 0.1) is 0 Å². The van der Waals surface area contributed by atoms with E-state index in [2.05, 4.69) is 31.1 Å². The van der Waals surface area contributed by atoms with Crippen molar-refractivity contribution in [3.63, 3.8) is 0 Å². The van der Waals surface area contributed by atoms with Crippen LogP contribution in [-0.4, -0.2) is 18.2 Å². The first kappa shape index (κ1) is 12.7. The maximum absolute atomic E-state index is 5.62. The van der Waals surface area contributed by atoms with Gasteiger partial charge in [-0.3, -0.25) is 0 Å². The largest absolute Gasteiger partial charge is 0.460 e. The van der Waals surface area contributed by atoms with Crippen LogP contribution in [0.3, 0.4) is 0 Å². The molecule has 0 aliphatic carbocycles. The molecule has 1 aliphatic heterocycles. The molecule has 0 atom stereocenters. The number of aryl methyl sites for hydroxylation is 1. The molecule has 0 aromatic carbocycles. The summed E-state index contributed by atoms with van der Waals surface area (Å²) in [6.45, 7) is 10.7. The van der Waals surface area contributed by atoms with E-state index in [0.29, 0.717) is 12.6 Å². The van der Waals surface area contributed by atoms with Crippen LogP contribution in [0.4, 0.5) is 0 Å². The maximum atomic E-state index is 5.62. The summed E-state index contributed by atoms with van der Waals surface area (Å²) in [4.78, 5) is 4.50. The van der Waals surface area contributed by atoms with Gasteiger partial charge in [0, 0.05) is 5.54 Å². The van der Waals surface area contributed by atoms with E-state index in [1.807, 2.05) is 26.0 Å². The number of amidine groups is 1. The zero-order valence-corrected chi connectivity index (χ0v) is 11.6. The Kier molecular flexibility index (Phi) is 3.20. The minimum atomic E-state index is -0.0751. The van der Waals surface area contributed by atoms with Crippen molar-refractivity contribution in [2.75, 3.05) is 6.61 Å². The summed E-state index contributed by atoms with van der Waals surface area (Å²) >= 11 is 0. The van der Waals surface area contributed by atoms with E-state index in [1.165, 1.54) is 0 Å². The second-order valence-corrected chi connectivity index (χ2v) is 5.62. The van der Waals surface area contributed by atoms with Crippen LogP contribution in [0.25, 0.3) is 5.70 Å². The molecule has 1 aliphatic rings. The van der Waals surface area contributed by atoms with Crippen LogP contribution < -0.4 is 5.32 Å². The summed E-state index contributed by atoms with van der Waals surface area (Å²) in [5.74, 6) is 1.68. The van der Waals surface area contributed by atoms with E-state index in [0.717, 1.165) is 22.8 Å². The molecule has 0 fully saturated rings. The SMILES string of the molecule is CC1=C(c2ccc(C)o2)N=C(NC(C)(C)C)OC1. The third kappa shape index (κ3) is 2.94. The molecule has 2 heterocycles. The zero-order chi connectivity index (χ0) is 13.3. The number of ether oxygens (including phenoxy) is 1. The highest BCUT2D eigenvalue weighted by Gasteiger charge is 2.20. The van der Waals surface area contributed by atoms with Crippen molar-refractivity contribution in [2.24, 2.45) is 4.99 Å². The molecule has 18 heavy (non-hydrogen) atoms. The molecule has 0 bridgehead atoms. The molecule has 0 saturated carbocycles. The number of nitrogens with zero attached hydrogens (tertiary/aromatic N) is 1. The maximum Gasteiger partial charge on any atom is 0.290 e. The molecule has 1 aromatic heterocycles. The Balaban J connectivity index is 2.28. The average molecular weight is 248 g/mol. The molecule has 4 heteroatoms.